The van der Waals surface area contributed by atoms with Gasteiger partial charge in [0.1, 0.15) is 5.25 Å². The van der Waals surface area contributed by atoms with E-state index in [9.17, 15) is 13.2 Å². The summed E-state index contributed by atoms with van der Waals surface area (Å²) in [6.07, 6.45) is 0. The van der Waals surface area contributed by atoms with Gasteiger partial charge in [0.15, 0.2) is 9.84 Å². The van der Waals surface area contributed by atoms with Crippen LogP contribution in [0.2, 0.25) is 5.02 Å². The van der Waals surface area contributed by atoms with E-state index in [1.165, 1.54) is 25.1 Å². The number of sulfone groups is 1. The highest BCUT2D eigenvalue weighted by Crippen LogP contribution is 2.24. The quantitative estimate of drug-likeness (QED) is 0.865. The standard InChI is InChI=1S/C9H10ClNO3S/c1-6(9(11)12)15(13,14)8-5-3-2-4-7(8)10/h2-6H,1H3,(H2,11,12)/t6-/m1/s1. The minimum absolute atomic E-state index is 0.0713. The molecule has 0 aliphatic heterocycles. The molecule has 0 aliphatic rings. The number of halogens is 1. The number of rotatable bonds is 3. The fourth-order valence-corrected chi connectivity index (χ4v) is 2.77. The summed E-state index contributed by atoms with van der Waals surface area (Å²) in [6.45, 7) is 1.24. The first-order valence-electron chi connectivity index (χ1n) is 4.15. The Bertz CT molecular complexity index is 484. The predicted molar refractivity (Wildman–Crippen MR) is 57.3 cm³/mol. The zero-order chi connectivity index (χ0) is 11.6. The SMILES string of the molecule is C[C@H](C(N)=O)S(=O)(=O)c1ccccc1Cl. The molecule has 15 heavy (non-hydrogen) atoms. The normalized spacial score (nSPS) is 13.5. The average molecular weight is 248 g/mol. The van der Waals surface area contributed by atoms with Crippen LogP contribution in [0.5, 0.6) is 0 Å². The Morgan fingerprint density at radius 3 is 2.40 bits per heavy atom. The van der Waals surface area contributed by atoms with Gasteiger partial charge in [0.2, 0.25) is 5.91 Å². The van der Waals surface area contributed by atoms with Gasteiger partial charge < -0.3 is 5.73 Å². The molecule has 0 aliphatic carbocycles. The number of amides is 1. The summed E-state index contributed by atoms with van der Waals surface area (Å²) in [5.74, 6) is -0.894. The zero-order valence-corrected chi connectivity index (χ0v) is 9.55. The molecule has 2 N–H and O–H groups in total. The maximum absolute atomic E-state index is 11.8. The molecule has 1 amide bonds. The van der Waals surface area contributed by atoms with Crippen LogP contribution in [0.3, 0.4) is 0 Å². The molecule has 0 spiro atoms. The highest BCUT2D eigenvalue weighted by molar-refractivity contribution is 7.92. The van der Waals surface area contributed by atoms with Gasteiger partial charge >= 0.3 is 0 Å². The number of primary amides is 1. The second-order valence-corrected chi connectivity index (χ2v) is 5.66. The molecule has 0 unspecified atom stereocenters. The summed E-state index contributed by atoms with van der Waals surface area (Å²) >= 11 is 5.73. The van der Waals surface area contributed by atoms with Gasteiger partial charge in [0.05, 0.1) is 9.92 Å². The van der Waals surface area contributed by atoms with Crippen molar-refractivity contribution in [2.75, 3.05) is 0 Å². The Morgan fingerprint density at radius 1 is 1.40 bits per heavy atom. The van der Waals surface area contributed by atoms with E-state index in [0.29, 0.717) is 0 Å². The third kappa shape index (κ3) is 2.30. The topological polar surface area (TPSA) is 77.2 Å². The van der Waals surface area contributed by atoms with Crippen molar-refractivity contribution in [3.8, 4) is 0 Å². The van der Waals surface area contributed by atoms with Crippen molar-refractivity contribution < 1.29 is 13.2 Å². The highest BCUT2D eigenvalue weighted by atomic mass is 35.5. The van der Waals surface area contributed by atoms with Crippen LogP contribution >= 0.6 is 11.6 Å². The molecule has 0 fully saturated rings. The lowest BCUT2D eigenvalue weighted by molar-refractivity contribution is -0.117. The van der Waals surface area contributed by atoms with Crippen molar-refractivity contribution >= 4 is 27.3 Å². The summed E-state index contributed by atoms with van der Waals surface area (Å²) in [7, 11) is -3.78. The third-order valence-electron chi connectivity index (χ3n) is 2.01. The van der Waals surface area contributed by atoms with Crippen LogP contribution in [0.4, 0.5) is 0 Å². The molecule has 0 bridgehead atoms. The van der Waals surface area contributed by atoms with Crippen molar-refractivity contribution in [1.29, 1.82) is 0 Å². The molecule has 0 saturated carbocycles. The van der Waals surface area contributed by atoms with E-state index < -0.39 is 21.0 Å². The van der Waals surface area contributed by atoms with E-state index >= 15 is 0 Å². The fourth-order valence-electron chi connectivity index (χ4n) is 1.02. The van der Waals surface area contributed by atoms with Crippen molar-refractivity contribution in [3.05, 3.63) is 29.3 Å². The molecule has 1 atom stereocenters. The summed E-state index contributed by atoms with van der Waals surface area (Å²) in [5, 5.41) is -1.19. The van der Waals surface area contributed by atoms with E-state index in [2.05, 4.69) is 0 Å². The maximum Gasteiger partial charge on any atom is 0.235 e. The lowest BCUT2D eigenvalue weighted by atomic mass is 10.4. The van der Waals surface area contributed by atoms with Crippen LogP contribution in [-0.2, 0) is 14.6 Å². The Morgan fingerprint density at radius 2 is 1.93 bits per heavy atom. The van der Waals surface area contributed by atoms with Gasteiger partial charge in [-0.1, -0.05) is 23.7 Å². The molecule has 1 rings (SSSR count). The molecule has 0 aromatic heterocycles. The van der Waals surface area contributed by atoms with Crippen LogP contribution in [0.25, 0.3) is 0 Å². The molecule has 1 aromatic carbocycles. The van der Waals surface area contributed by atoms with Crippen molar-refractivity contribution in [1.82, 2.24) is 0 Å². The average Bonchev–Trinajstić information content (AvgIpc) is 2.16. The number of hydrogen-bond acceptors (Lipinski definition) is 3. The molecule has 0 radical (unpaired) electrons. The number of benzene rings is 1. The Kier molecular flexibility index (Phi) is 3.36. The predicted octanol–water partition coefficient (Wildman–Crippen LogP) is 0.987. The second-order valence-electron chi connectivity index (χ2n) is 3.02. The number of nitrogens with two attached hydrogens (primary N) is 1. The van der Waals surface area contributed by atoms with Crippen molar-refractivity contribution in [3.63, 3.8) is 0 Å². The van der Waals surface area contributed by atoms with E-state index in [4.69, 9.17) is 17.3 Å². The maximum atomic E-state index is 11.8. The van der Waals surface area contributed by atoms with Gasteiger partial charge in [0.25, 0.3) is 0 Å². The molecule has 6 heteroatoms. The minimum Gasteiger partial charge on any atom is -0.369 e. The van der Waals surface area contributed by atoms with Gasteiger partial charge in [0, 0.05) is 0 Å². The number of carbonyl (C=O) groups excluding carboxylic acids is 1. The summed E-state index contributed by atoms with van der Waals surface area (Å²) in [4.78, 5) is 10.8. The van der Waals surface area contributed by atoms with Crippen LogP contribution in [-0.4, -0.2) is 19.6 Å². The smallest absolute Gasteiger partial charge is 0.235 e. The summed E-state index contributed by atoms with van der Waals surface area (Å²) in [6, 6.07) is 5.93. The molecule has 1 aromatic rings. The molecule has 4 nitrogen and oxygen atoms in total. The molecular weight excluding hydrogens is 238 g/mol. The monoisotopic (exact) mass is 247 g/mol. The third-order valence-corrected chi connectivity index (χ3v) is 4.58. The fraction of sp³-hybridized carbons (Fsp3) is 0.222. The zero-order valence-electron chi connectivity index (χ0n) is 7.98. The largest absolute Gasteiger partial charge is 0.369 e. The van der Waals surface area contributed by atoms with Gasteiger partial charge in [-0.25, -0.2) is 8.42 Å². The Hall–Kier alpha value is -1.07. The van der Waals surface area contributed by atoms with E-state index in [1.807, 2.05) is 0 Å². The minimum atomic E-state index is -3.78. The van der Waals surface area contributed by atoms with Crippen LogP contribution in [0.15, 0.2) is 29.2 Å². The Labute approximate surface area is 93.0 Å². The second kappa shape index (κ2) is 4.20. The first-order valence-corrected chi connectivity index (χ1v) is 6.07. The van der Waals surface area contributed by atoms with E-state index in [-0.39, 0.29) is 9.92 Å². The van der Waals surface area contributed by atoms with Gasteiger partial charge in [-0.15, -0.1) is 0 Å². The molecule has 82 valence electrons. The lowest BCUT2D eigenvalue weighted by Gasteiger charge is -2.10. The van der Waals surface area contributed by atoms with E-state index in [0.717, 1.165) is 0 Å². The number of carbonyl (C=O) groups is 1. The van der Waals surface area contributed by atoms with Gasteiger partial charge in [-0.3, -0.25) is 4.79 Å². The lowest BCUT2D eigenvalue weighted by Crippen LogP contribution is -2.33. The Balaban J connectivity index is 3.30. The summed E-state index contributed by atoms with van der Waals surface area (Å²) in [5.41, 5.74) is 4.95. The van der Waals surface area contributed by atoms with Crippen LogP contribution < -0.4 is 5.73 Å². The van der Waals surface area contributed by atoms with Crippen LogP contribution in [0, 0.1) is 0 Å². The van der Waals surface area contributed by atoms with Crippen molar-refractivity contribution in [2.45, 2.75) is 17.1 Å². The summed E-state index contributed by atoms with van der Waals surface area (Å²) < 4.78 is 23.6. The first kappa shape index (κ1) is 12.0. The van der Waals surface area contributed by atoms with Crippen LogP contribution in [0.1, 0.15) is 6.92 Å². The van der Waals surface area contributed by atoms with Gasteiger partial charge in [-0.2, -0.15) is 0 Å². The molecule has 0 saturated heterocycles. The molecular formula is C9H10ClNO3S. The van der Waals surface area contributed by atoms with Crippen molar-refractivity contribution in [2.24, 2.45) is 5.73 Å². The number of hydrogen-bond donors (Lipinski definition) is 1. The first-order chi connectivity index (χ1) is 6.87. The molecule has 0 heterocycles. The van der Waals surface area contributed by atoms with E-state index in [1.54, 1.807) is 6.07 Å². The van der Waals surface area contributed by atoms with Gasteiger partial charge in [-0.05, 0) is 19.1 Å². The highest BCUT2D eigenvalue weighted by Gasteiger charge is 2.29.